The monoisotopic (exact) mass is 234 g/mol. The Bertz CT molecular complexity index is 375. The van der Waals surface area contributed by atoms with Crippen molar-refractivity contribution in [2.24, 2.45) is 0 Å². The second-order valence-electron chi connectivity index (χ2n) is 2.41. The molecule has 0 atom stereocenters. The maximum Gasteiger partial charge on any atom is 0.256 e. The minimum atomic E-state index is -0.939. The van der Waals surface area contributed by atoms with Gasteiger partial charge in [0.05, 0.1) is 11.1 Å². The van der Waals surface area contributed by atoms with Crippen LogP contribution >= 0.6 is 23.2 Å². The maximum absolute atomic E-state index is 10.7. The Labute approximate surface area is 88.7 Å². The largest absolute Gasteiger partial charge is 0.504 e. The highest BCUT2D eigenvalue weighted by atomic mass is 35.5. The van der Waals surface area contributed by atoms with Crippen LogP contribution in [0.4, 0.5) is 0 Å². The average Bonchev–Trinajstić information content (AvgIpc) is 2.08. The number of carbonyl (C=O) groups excluding carboxylic acids is 2. The van der Waals surface area contributed by atoms with Gasteiger partial charge in [0.15, 0.2) is 11.5 Å². The molecule has 0 aliphatic heterocycles. The Morgan fingerprint density at radius 1 is 0.929 bits per heavy atom. The SMILES string of the molecule is O=C(Cl)c1ccc(C(=O)Cl)c(O)c1O. The number of aromatic hydroxyl groups is 2. The van der Waals surface area contributed by atoms with E-state index < -0.39 is 22.0 Å². The zero-order valence-corrected chi connectivity index (χ0v) is 8.13. The van der Waals surface area contributed by atoms with Gasteiger partial charge in [0.25, 0.3) is 10.5 Å². The fraction of sp³-hybridized carbons (Fsp3) is 0. The van der Waals surface area contributed by atoms with Gasteiger partial charge in [-0.25, -0.2) is 0 Å². The molecule has 0 heterocycles. The fourth-order valence-corrected chi connectivity index (χ4v) is 1.20. The Kier molecular flexibility index (Phi) is 2.98. The molecule has 0 aliphatic rings. The summed E-state index contributed by atoms with van der Waals surface area (Å²) in [6.07, 6.45) is 0. The molecule has 2 N–H and O–H groups in total. The first-order chi connectivity index (χ1) is 6.45. The smallest absolute Gasteiger partial charge is 0.256 e. The van der Waals surface area contributed by atoms with E-state index in [0.29, 0.717) is 0 Å². The van der Waals surface area contributed by atoms with E-state index in [-0.39, 0.29) is 11.1 Å². The molecule has 0 radical (unpaired) electrons. The normalized spacial score (nSPS) is 9.86. The molecule has 14 heavy (non-hydrogen) atoms. The lowest BCUT2D eigenvalue weighted by molar-refractivity contribution is 0.106. The lowest BCUT2D eigenvalue weighted by Crippen LogP contribution is -1.95. The van der Waals surface area contributed by atoms with E-state index in [4.69, 9.17) is 23.2 Å². The number of halogens is 2. The molecule has 0 spiro atoms. The molecule has 1 rings (SSSR count). The van der Waals surface area contributed by atoms with Gasteiger partial charge < -0.3 is 10.2 Å². The van der Waals surface area contributed by atoms with Crippen molar-refractivity contribution in [3.63, 3.8) is 0 Å². The molecule has 0 bridgehead atoms. The molecule has 0 aromatic heterocycles. The van der Waals surface area contributed by atoms with Gasteiger partial charge >= 0.3 is 0 Å². The van der Waals surface area contributed by atoms with Crippen LogP contribution in [0.2, 0.25) is 0 Å². The highest BCUT2D eigenvalue weighted by molar-refractivity contribution is 6.69. The standard InChI is InChI=1S/C8H4Cl2O4/c9-7(13)3-1-2-4(8(10)14)6(12)5(3)11/h1-2,11-12H. The number of rotatable bonds is 2. The number of phenolic OH excluding ortho intramolecular Hbond substituents is 2. The van der Waals surface area contributed by atoms with E-state index >= 15 is 0 Å². The summed E-state index contributed by atoms with van der Waals surface area (Å²) in [5, 5.41) is 16.6. The molecule has 0 saturated carbocycles. The number of benzene rings is 1. The molecule has 0 unspecified atom stereocenters. The highest BCUT2D eigenvalue weighted by Crippen LogP contribution is 2.34. The third-order valence-corrected chi connectivity index (χ3v) is 1.98. The van der Waals surface area contributed by atoms with Crippen molar-refractivity contribution in [3.8, 4) is 11.5 Å². The van der Waals surface area contributed by atoms with E-state index in [1.165, 1.54) is 0 Å². The van der Waals surface area contributed by atoms with Gasteiger partial charge in [-0.3, -0.25) is 9.59 Å². The van der Waals surface area contributed by atoms with Gasteiger partial charge in [0.2, 0.25) is 0 Å². The molecule has 1 aromatic rings. The van der Waals surface area contributed by atoms with Crippen LogP contribution in [-0.2, 0) is 0 Å². The molecule has 0 saturated heterocycles. The van der Waals surface area contributed by atoms with Crippen LogP contribution in [0, 0.1) is 0 Å². The van der Waals surface area contributed by atoms with Crippen molar-refractivity contribution < 1.29 is 19.8 Å². The van der Waals surface area contributed by atoms with Gasteiger partial charge in [-0.2, -0.15) is 0 Å². The van der Waals surface area contributed by atoms with Crippen molar-refractivity contribution in [2.75, 3.05) is 0 Å². The summed E-state index contributed by atoms with van der Waals surface area (Å²) in [4.78, 5) is 21.4. The zero-order valence-electron chi connectivity index (χ0n) is 6.62. The number of phenols is 2. The molecule has 6 heteroatoms. The van der Waals surface area contributed by atoms with Crippen molar-refractivity contribution >= 4 is 33.7 Å². The van der Waals surface area contributed by atoms with E-state index in [2.05, 4.69) is 0 Å². The van der Waals surface area contributed by atoms with Gasteiger partial charge in [0.1, 0.15) is 0 Å². The quantitative estimate of drug-likeness (QED) is 0.605. The van der Waals surface area contributed by atoms with E-state index in [1.54, 1.807) is 0 Å². The van der Waals surface area contributed by atoms with Crippen LogP contribution in [0.3, 0.4) is 0 Å². The lowest BCUT2D eigenvalue weighted by atomic mass is 10.1. The first-order valence-electron chi connectivity index (χ1n) is 3.39. The fourth-order valence-electron chi connectivity index (χ4n) is 0.897. The second kappa shape index (κ2) is 3.86. The van der Waals surface area contributed by atoms with Crippen LogP contribution < -0.4 is 0 Å². The topological polar surface area (TPSA) is 74.6 Å². The molecule has 0 fully saturated rings. The summed E-state index contributed by atoms with van der Waals surface area (Å²) in [5.74, 6) is -1.51. The Hall–Kier alpha value is -1.26. The van der Waals surface area contributed by atoms with Crippen LogP contribution in [0.5, 0.6) is 11.5 Å². The van der Waals surface area contributed by atoms with Gasteiger partial charge in [0, 0.05) is 0 Å². The van der Waals surface area contributed by atoms with Crippen LogP contribution in [-0.4, -0.2) is 20.7 Å². The minimum absolute atomic E-state index is 0.286. The molecule has 0 aliphatic carbocycles. The van der Waals surface area contributed by atoms with E-state index in [9.17, 15) is 19.8 Å². The third-order valence-electron chi connectivity index (χ3n) is 1.57. The molecular weight excluding hydrogens is 231 g/mol. The van der Waals surface area contributed by atoms with E-state index in [0.717, 1.165) is 12.1 Å². The molecular formula is C8H4Cl2O4. The first-order valence-corrected chi connectivity index (χ1v) is 4.15. The maximum atomic E-state index is 10.7. The third kappa shape index (κ3) is 1.81. The van der Waals surface area contributed by atoms with E-state index in [1.807, 2.05) is 0 Å². The summed E-state index contributed by atoms with van der Waals surface area (Å²) in [5.41, 5.74) is -0.573. The van der Waals surface area contributed by atoms with Crippen molar-refractivity contribution in [1.29, 1.82) is 0 Å². The summed E-state index contributed by atoms with van der Waals surface area (Å²) in [6.45, 7) is 0. The van der Waals surface area contributed by atoms with Gasteiger partial charge in [-0.1, -0.05) is 0 Å². The van der Waals surface area contributed by atoms with Crippen molar-refractivity contribution in [1.82, 2.24) is 0 Å². The second-order valence-corrected chi connectivity index (χ2v) is 3.09. The summed E-state index contributed by atoms with van der Waals surface area (Å²) < 4.78 is 0. The van der Waals surface area contributed by atoms with Crippen molar-refractivity contribution in [3.05, 3.63) is 23.3 Å². The average molecular weight is 235 g/mol. The minimum Gasteiger partial charge on any atom is -0.504 e. The van der Waals surface area contributed by atoms with Crippen LogP contribution in [0.1, 0.15) is 20.7 Å². The summed E-state index contributed by atoms with van der Waals surface area (Å²) in [7, 11) is 0. The highest BCUT2D eigenvalue weighted by Gasteiger charge is 2.18. The molecule has 74 valence electrons. The number of hydrogen-bond donors (Lipinski definition) is 2. The van der Waals surface area contributed by atoms with Gasteiger partial charge in [-0.05, 0) is 35.3 Å². The van der Waals surface area contributed by atoms with Crippen LogP contribution in [0.15, 0.2) is 12.1 Å². The predicted molar refractivity (Wildman–Crippen MR) is 50.1 cm³/mol. The number of carbonyl (C=O) groups is 2. The van der Waals surface area contributed by atoms with Crippen LogP contribution in [0.25, 0.3) is 0 Å². The van der Waals surface area contributed by atoms with Gasteiger partial charge in [-0.15, -0.1) is 0 Å². The summed E-state index contributed by atoms with van der Waals surface area (Å²) in [6, 6.07) is 2.19. The lowest BCUT2D eigenvalue weighted by Gasteiger charge is -2.04. The Morgan fingerprint density at radius 3 is 1.43 bits per heavy atom. The first kappa shape index (κ1) is 10.8. The molecule has 1 aromatic carbocycles. The van der Waals surface area contributed by atoms with Crippen molar-refractivity contribution in [2.45, 2.75) is 0 Å². The summed E-state index contributed by atoms with van der Waals surface area (Å²) >= 11 is 10.2. The number of hydrogen-bond acceptors (Lipinski definition) is 4. The molecule has 4 nitrogen and oxygen atoms in total. The predicted octanol–water partition coefficient (Wildman–Crippen LogP) is 1.86. The molecule has 0 amide bonds. The zero-order chi connectivity index (χ0) is 10.9. The Balaban J connectivity index is 3.41. The Morgan fingerprint density at radius 2 is 1.21 bits per heavy atom.